The van der Waals surface area contributed by atoms with Crippen LogP contribution in [-0.4, -0.2) is 21.0 Å². The van der Waals surface area contributed by atoms with Crippen LogP contribution in [0.4, 0.5) is 0 Å². The van der Waals surface area contributed by atoms with Gasteiger partial charge in [-0.25, -0.2) is 0 Å². The van der Waals surface area contributed by atoms with Crippen molar-refractivity contribution in [3.8, 4) is 0 Å². The van der Waals surface area contributed by atoms with E-state index in [1.807, 2.05) is 0 Å². The average Bonchev–Trinajstić information content (AvgIpc) is 2.76. The minimum absolute atomic E-state index is 0.457. The first-order chi connectivity index (χ1) is 6.79. The van der Waals surface area contributed by atoms with Gasteiger partial charge in [-0.1, -0.05) is 5.16 Å². The van der Waals surface area contributed by atoms with E-state index in [1.54, 1.807) is 29.8 Å². The van der Waals surface area contributed by atoms with Gasteiger partial charge in [0.2, 0.25) is 5.89 Å². The maximum absolute atomic E-state index is 10.6. The Hall–Kier alpha value is -1.91. The molecule has 0 spiro atoms. The van der Waals surface area contributed by atoms with Crippen LogP contribution < -0.4 is 0 Å². The van der Waals surface area contributed by atoms with Gasteiger partial charge in [-0.2, -0.15) is 4.98 Å². The quantitative estimate of drug-likeness (QED) is 0.680. The molecule has 72 valence electrons. The lowest BCUT2D eigenvalue weighted by Gasteiger charge is -1.99. The summed E-state index contributed by atoms with van der Waals surface area (Å²) in [5.41, 5.74) is 0.604. The van der Waals surface area contributed by atoms with Crippen molar-refractivity contribution in [3.05, 3.63) is 35.7 Å². The molecular formula is C9H9N3O2. The highest BCUT2D eigenvalue weighted by atomic mass is 16.5. The van der Waals surface area contributed by atoms with E-state index in [9.17, 15) is 4.79 Å². The zero-order valence-corrected chi connectivity index (χ0v) is 7.67. The molecule has 5 heteroatoms. The van der Waals surface area contributed by atoms with Gasteiger partial charge in [0.15, 0.2) is 12.1 Å². The molecule has 0 fully saturated rings. The monoisotopic (exact) mass is 191 g/mol. The van der Waals surface area contributed by atoms with Gasteiger partial charge in [-0.3, -0.25) is 4.79 Å². The Labute approximate surface area is 80.3 Å². The maximum Gasteiger partial charge on any atom is 0.223 e. The fourth-order valence-corrected chi connectivity index (χ4v) is 1.24. The molecular weight excluding hydrogens is 182 g/mol. The lowest BCUT2D eigenvalue weighted by atomic mass is 10.4. The molecule has 5 nitrogen and oxygen atoms in total. The third-order valence-electron chi connectivity index (χ3n) is 1.87. The standard InChI is InChI=1S/C9H9N3O2/c1-7-10-9(11-14-7)5-12-4-2-3-8(12)6-13/h2-4,6H,5H2,1H3. The molecule has 0 atom stereocenters. The largest absolute Gasteiger partial charge is 0.340 e. The number of hydrogen-bond acceptors (Lipinski definition) is 4. The van der Waals surface area contributed by atoms with Crippen LogP contribution in [0.15, 0.2) is 22.9 Å². The van der Waals surface area contributed by atoms with E-state index in [0.717, 1.165) is 6.29 Å². The Bertz CT molecular complexity index is 444. The van der Waals surface area contributed by atoms with E-state index in [4.69, 9.17) is 4.52 Å². The van der Waals surface area contributed by atoms with Gasteiger partial charge in [-0.15, -0.1) is 0 Å². The molecule has 0 unspecified atom stereocenters. The third kappa shape index (κ3) is 1.56. The predicted octanol–water partition coefficient (Wildman–Crippen LogP) is 1.04. The van der Waals surface area contributed by atoms with Crippen LogP contribution in [-0.2, 0) is 6.54 Å². The third-order valence-corrected chi connectivity index (χ3v) is 1.87. The summed E-state index contributed by atoms with van der Waals surface area (Å²) in [5.74, 6) is 1.10. The van der Waals surface area contributed by atoms with Crippen molar-refractivity contribution in [2.24, 2.45) is 0 Å². The highest BCUT2D eigenvalue weighted by Crippen LogP contribution is 2.03. The smallest absolute Gasteiger partial charge is 0.223 e. The Balaban J connectivity index is 2.22. The van der Waals surface area contributed by atoms with E-state index in [1.165, 1.54) is 0 Å². The molecule has 0 bridgehead atoms. The Morgan fingerprint density at radius 2 is 2.50 bits per heavy atom. The summed E-state index contributed by atoms with van der Waals surface area (Å²) < 4.78 is 6.59. The fraction of sp³-hybridized carbons (Fsp3) is 0.222. The normalized spacial score (nSPS) is 10.4. The molecule has 2 aromatic rings. The Morgan fingerprint density at radius 1 is 1.64 bits per heavy atom. The van der Waals surface area contributed by atoms with Crippen molar-refractivity contribution >= 4 is 6.29 Å². The molecule has 2 rings (SSSR count). The lowest BCUT2D eigenvalue weighted by Crippen LogP contribution is -2.03. The number of hydrogen-bond donors (Lipinski definition) is 0. The van der Waals surface area contributed by atoms with Crippen LogP contribution in [0, 0.1) is 6.92 Å². The van der Waals surface area contributed by atoms with Crippen LogP contribution in [0.1, 0.15) is 22.2 Å². The second kappa shape index (κ2) is 3.45. The number of aldehydes is 1. The second-order valence-electron chi connectivity index (χ2n) is 2.91. The molecule has 0 N–H and O–H groups in total. The average molecular weight is 191 g/mol. The first-order valence-electron chi connectivity index (χ1n) is 4.19. The SMILES string of the molecule is Cc1nc(Cn2cccc2C=O)no1. The van der Waals surface area contributed by atoms with E-state index in [-0.39, 0.29) is 0 Å². The summed E-state index contributed by atoms with van der Waals surface area (Å²) in [5, 5.41) is 3.74. The van der Waals surface area contributed by atoms with Gasteiger partial charge >= 0.3 is 0 Å². The minimum atomic E-state index is 0.457. The molecule has 2 heterocycles. The molecule has 0 aliphatic rings. The molecule has 0 saturated heterocycles. The van der Waals surface area contributed by atoms with Crippen molar-refractivity contribution < 1.29 is 9.32 Å². The van der Waals surface area contributed by atoms with Crippen LogP contribution in [0.2, 0.25) is 0 Å². The number of carbonyl (C=O) groups excluding carboxylic acids is 1. The Morgan fingerprint density at radius 3 is 3.14 bits per heavy atom. The number of nitrogens with zero attached hydrogens (tertiary/aromatic N) is 3. The van der Waals surface area contributed by atoms with Gasteiger partial charge in [0.05, 0.1) is 12.2 Å². The van der Waals surface area contributed by atoms with E-state index >= 15 is 0 Å². The first kappa shape index (κ1) is 8.68. The summed E-state index contributed by atoms with van der Waals surface area (Å²) in [6.45, 7) is 2.19. The van der Waals surface area contributed by atoms with Crippen LogP contribution in [0.5, 0.6) is 0 Å². The van der Waals surface area contributed by atoms with Crippen LogP contribution >= 0.6 is 0 Å². The second-order valence-corrected chi connectivity index (χ2v) is 2.91. The Kier molecular flexibility index (Phi) is 2.14. The highest BCUT2D eigenvalue weighted by molar-refractivity contribution is 5.72. The molecule has 14 heavy (non-hydrogen) atoms. The molecule has 0 aliphatic carbocycles. The van der Waals surface area contributed by atoms with E-state index in [0.29, 0.717) is 24.0 Å². The maximum atomic E-state index is 10.6. The summed E-state index contributed by atoms with van der Waals surface area (Å²) in [7, 11) is 0. The highest BCUT2D eigenvalue weighted by Gasteiger charge is 2.05. The van der Waals surface area contributed by atoms with Crippen LogP contribution in [0.3, 0.4) is 0 Å². The van der Waals surface area contributed by atoms with Gasteiger partial charge in [-0.05, 0) is 12.1 Å². The number of rotatable bonds is 3. The summed E-state index contributed by atoms with van der Waals surface area (Å²) in [4.78, 5) is 14.6. The predicted molar refractivity (Wildman–Crippen MR) is 48.0 cm³/mol. The van der Waals surface area contributed by atoms with Crippen molar-refractivity contribution in [2.75, 3.05) is 0 Å². The molecule has 0 saturated carbocycles. The van der Waals surface area contributed by atoms with Gasteiger partial charge in [0, 0.05) is 13.1 Å². The van der Waals surface area contributed by atoms with Gasteiger partial charge in [0.1, 0.15) is 0 Å². The minimum Gasteiger partial charge on any atom is -0.340 e. The number of aryl methyl sites for hydroxylation is 1. The van der Waals surface area contributed by atoms with Crippen molar-refractivity contribution in [1.29, 1.82) is 0 Å². The zero-order chi connectivity index (χ0) is 9.97. The summed E-state index contributed by atoms with van der Waals surface area (Å²) in [6, 6.07) is 3.54. The van der Waals surface area contributed by atoms with E-state index < -0.39 is 0 Å². The van der Waals surface area contributed by atoms with Crippen molar-refractivity contribution in [1.82, 2.24) is 14.7 Å². The number of carbonyl (C=O) groups is 1. The lowest BCUT2D eigenvalue weighted by molar-refractivity contribution is 0.111. The molecule has 0 aliphatic heterocycles. The van der Waals surface area contributed by atoms with Crippen molar-refractivity contribution in [2.45, 2.75) is 13.5 Å². The van der Waals surface area contributed by atoms with Gasteiger partial charge < -0.3 is 9.09 Å². The zero-order valence-electron chi connectivity index (χ0n) is 7.67. The molecule has 2 aromatic heterocycles. The first-order valence-corrected chi connectivity index (χ1v) is 4.19. The topological polar surface area (TPSA) is 60.9 Å². The van der Waals surface area contributed by atoms with Gasteiger partial charge in [0.25, 0.3) is 0 Å². The van der Waals surface area contributed by atoms with E-state index in [2.05, 4.69) is 10.1 Å². The summed E-state index contributed by atoms with van der Waals surface area (Å²) in [6.07, 6.45) is 2.60. The van der Waals surface area contributed by atoms with Crippen LogP contribution in [0.25, 0.3) is 0 Å². The number of aromatic nitrogens is 3. The summed E-state index contributed by atoms with van der Waals surface area (Å²) >= 11 is 0. The molecule has 0 radical (unpaired) electrons. The molecule has 0 amide bonds. The van der Waals surface area contributed by atoms with Crippen molar-refractivity contribution in [3.63, 3.8) is 0 Å². The fourth-order valence-electron chi connectivity index (χ4n) is 1.24. The molecule has 0 aromatic carbocycles.